The van der Waals surface area contributed by atoms with Gasteiger partial charge in [0.15, 0.2) is 0 Å². The Hall–Kier alpha value is -1.92. The summed E-state index contributed by atoms with van der Waals surface area (Å²) in [4.78, 5) is 24.5. The van der Waals surface area contributed by atoms with Crippen molar-refractivity contribution in [3.63, 3.8) is 0 Å². The van der Waals surface area contributed by atoms with E-state index in [1.807, 2.05) is 6.08 Å². The van der Waals surface area contributed by atoms with Gasteiger partial charge in [0.1, 0.15) is 0 Å². The predicted molar refractivity (Wildman–Crippen MR) is 306 cm³/mol. The highest BCUT2D eigenvalue weighted by Crippen LogP contribution is 2.17. The van der Waals surface area contributed by atoms with E-state index in [0.717, 1.165) is 51.4 Å². The van der Waals surface area contributed by atoms with E-state index >= 15 is 0 Å². The zero-order valence-electron chi connectivity index (χ0n) is 47.0. The maximum Gasteiger partial charge on any atom is 0.305 e. The second kappa shape index (κ2) is 59.6. The molecular formula is C64H121NO5. The number of unbranched alkanes of at least 4 members (excludes halogenated alkanes) is 43. The van der Waals surface area contributed by atoms with Gasteiger partial charge in [-0.05, 0) is 64.2 Å². The molecule has 3 N–H and O–H groups in total. The summed E-state index contributed by atoms with van der Waals surface area (Å²) in [7, 11) is 0. The number of nitrogens with one attached hydrogen (secondary N) is 1. The first-order chi connectivity index (χ1) is 34.5. The normalized spacial score (nSPS) is 12.8. The first-order valence-electron chi connectivity index (χ1n) is 31.3. The lowest BCUT2D eigenvalue weighted by molar-refractivity contribution is -0.143. The van der Waals surface area contributed by atoms with Gasteiger partial charge in [0.25, 0.3) is 0 Å². The number of hydrogen-bond acceptors (Lipinski definition) is 5. The number of aliphatic hydroxyl groups excluding tert-OH is 2. The van der Waals surface area contributed by atoms with E-state index in [1.54, 1.807) is 6.08 Å². The van der Waals surface area contributed by atoms with Gasteiger partial charge < -0.3 is 20.3 Å². The molecule has 0 rings (SSSR count). The molecule has 0 aromatic rings. The molecule has 6 heteroatoms. The van der Waals surface area contributed by atoms with Crippen LogP contribution in [0.5, 0.6) is 0 Å². The third kappa shape index (κ3) is 55.4. The summed E-state index contributed by atoms with van der Waals surface area (Å²) in [6, 6.07) is -0.628. The molecule has 0 spiro atoms. The lowest BCUT2D eigenvalue weighted by Crippen LogP contribution is -2.45. The second-order valence-corrected chi connectivity index (χ2v) is 21.4. The van der Waals surface area contributed by atoms with Gasteiger partial charge >= 0.3 is 5.97 Å². The SMILES string of the molecule is CCCCC/C=C\C/C=C\CCCCCCCCCC(=O)OCCCCCCCCCCCCCCCCCCCCCCCCC(=O)NC(CO)C(O)/C=C/CCCCCCCCCCCCCC. The molecule has 0 aliphatic rings. The van der Waals surface area contributed by atoms with Gasteiger partial charge in [-0.1, -0.05) is 294 Å². The fraction of sp³-hybridized carbons (Fsp3) is 0.875. The average molecular weight is 985 g/mol. The van der Waals surface area contributed by atoms with Crippen LogP contribution in [0.3, 0.4) is 0 Å². The Labute approximate surface area is 436 Å². The number of amides is 1. The van der Waals surface area contributed by atoms with E-state index in [-0.39, 0.29) is 18.5 Å². The topological polar surface area (TPSA) is 95.9 Å². The Bertz CT molecular complexity index is 1130. The van der Waals surface area contributed by atoms with Crippen molar-refractivity contribution in [2.75, 3.05) is 13.2 Å². The summed E-state index contributed by atoms with van der Waals surface area (Å²) in [6.45, 7) is 4.89. The van der Waals surface area contributed by atoms with Crippen molar-refractivity contribution in [2.45, 2.75) is 347 Å². The van der Waals surface area contributed by atoms with E-state index in [1.165, 1.54) is 257 Å². The number of carbonyl (C=O) groups excluding carboxylic acids is 2. The van der Waals surface area contributed by atoms with Gasteiger partial charge in [0.05, 0.1) is 25.4 Å². The Morgan fingerprint density at radius 2 is 0.714 bits per heavy atom. The Morgan fingerprint density at radius 1 is 0.400 bits per heavy atom. The molecule has 0 aliphatic heterocycles. The van der Waals surface area contributed by atoms with Crippen LogP contribution >= 0.6 is 0 Å². The molecule has 2 atom stereocenters. The molecule has 0 aliphatic carbocycles. The van der Waals surface area contributed by atoms with Crippen molar-refractivity contribution in [2.24, 2.45) is 0 Å². The monoisotopic (exact) mass is 984 g/mol. The Balaban J connectivity index is 3.39. The van der Waals surface area contributed by atoms with E-state index in [2.05, 4.69) is 43.5 Å². The molecule has 70 heavy (non-hydrogen) atoms. The number of carbonyl (C=O) groups is 2. The molecule has 0 saturated heterocycles. The molecule has 2 unspecified atom stereocenters. The van der Waals surface area contributed by atoms with Crippen LogP contribution in [0.1, 0.15) is 335 Å². The highest BCUT2D eigenvalue weighted by Gasteiger charge is 2.18. The minimum Gasteiger partial charge on any atom is -0.466 e. The third-order valence-corrected chi connectivity index (χ3v) is 14.4. The summed E-state index contributed by atoms with van der Waals surface area (Å²) in [5.41, 5.74) is 0. The fourth-order valence-electron chi connectivity index (χ4n) is 9.61. The van der Waals surface area contributed by atoms with Crippen molar-refractivity contribution >= 4 is 11.9 Å². The molecule has 0 heterocycles. The second-order valence-electron chi connectivity index (χ2n) is 21.4. The highest BCUT2D eigenvalue weighted by atomic mass is 16.5. The molecule has 0 bridgehead atoms. The minimum absolute atomic E-state index is 0.00497. The van der Waals surface area contributed by atoms with Gasteiger partial charge in [-0.25, -0.2) is 0 Å². The number of esters is 1. The van der Waals surface area contributed by atoms with E-state index < -0.39 is 12.1 Å². The standard InChI is InChI=1S/C64H121NO5/c1-3-5-7-9-11-13-15-17-19-26-30-34-38-42-46-50-54-58-64(69)70-59-55-51-47-43-39-35-31-28-25-23-21-20-22-24-27-29-33-37-41-45-49-53-57-63(68)65-61(60-66)62(67)56-52-48-44-40-36-32-18-16-14-12-10-8-6-4-2/h11,13,17,19,52,56,61-62,66-67H,3-10,12,14-16,18,20-51,53-55,57-60H2,1-2H3,(H,65,68)/b13-11-,19-17-,56-52+. The van der Waals surface area contributed by atoms with Crippen molar-refractivity contribution < 1.29 is 24.5 Å². The van der Waals surface area contributed by atoms with Crippen molar-refractivity contribution in [1.29, 1.82) is 0 Å². The molecule has 1 amide bonds. The van der Waals surface area contributed by atoms with Crippen molar-refractivity contribution in [1.82, 2.24) is 5.32 Å². The lowest BCUT2D eigenvalue weighted by atomic mass is 10.0. The van der Waals surface area contributed by atoms with Crippen LogP contribution < -0.4 is 5.32 Å². The number of aliphatic hydroxyl groups is 2. The summed E-state index contributed by atoms with van der Waals surface area (Å²) >= 11 is 0. The Kier molecular flexibility index (Phi) is 58.0. The summed E-state index contributed by atoms with van der Waals surface area (Å²) in [5.74, 6) is -0.0624. The molecule has 412 valence electrons. The van der Waals surface area contributed by atoms with Crippen LogP contribution in [0, 0.1) is 0 Å². The zero-order valence-corrected chi connectivity index (χ0v) is 47.0. The predicted octanol–water partition coefficient (Wildman–Crippen LogP) is 19.6. The third-order valence-electron chi connectivity index (χ3n) is 14.4. The largest absolute Gasteiger partial charge is 0.466 e. The van der Waals surface area contributed by atoms with Gasteiger partial charge in [0.2, 0.25) is 5.91 Å². The van der Waals surface area contributed by atoms with Crippen LogP contribution in [0.25, 0.3) is 0 Å². The first-order valence-corrected chi connectivity index (χ1v) is 31.3. The fourth-order valence-corrected chi connectivity index (χ4v) is 9.61. The van der Waals surface area contributed by atoms with Gasteiger partial charge in [-0.2, -0.15) is 0 Å². The minimum atomic E-state index is -0.844. The molecule has 6 nitrogen and oxygen atoms in total. The number of hydrogen-bond donors (Lipinski definition) is 3. The van der Waals surface area contributed by atoms with Gasteiger partial charge in [-0.3, -0.25) is 9.59 Å². The maximum absolute atomic E-state index is 12.5. The molecule has 0 saturated carbocycles. The van der Waals surface area contributed by atoms with Crippen LogP contribution in [-0.2, 0) is 14.3 Å². The van der Waals surface area contributed by atoms with E-state index in [4.69, 9.17) is 4.74 Å². The zero-order chi connectivity index (χ0) is 50.7. The van der Waals surface area contributed by atoms with Crippen molar-refractivity contribution in [3.05, 3.63) is 36.5 Å². The van der Waals surface area contributed by atoms with Crippen LogP contribution in [-0.4, -0.2) is 47.4 Å². The number of allylic oxidation sites excluding steroid dienone is 5. The van der Waals surface area contributed by atoms with Gasteiger partial charge in [-0.15, -0.1) is 0 Å². The lowest BCUT2D eigenvalue weighted by Gasteiger charge is -2.20. The Morgan fingerprint density at radius 3 is 1.11 bits per heavy atom. The summed E-state index contributed by atoms with van der Waals surface area (Å²) < 4.78 is 5.49. The number of ether oxygens (including phenoxy) is 1. The van der Waals surface area contributed by atoms with Crippen LogP contribution in [0.4, 0.5) is 0 Å². The molecule has 0 fully saturated rings. The van der Waals surface area contributed by atoms with E-state index in [0.29, 0.717) is 19.4 Å². The van der Waals surface area contributed by atoms with Crippen LogP contribution in [0.15, 0.2) is 36.5 Å². The van der Waals surface area contributed by atoms with Gasteiger partial charge in [0, 0.05) is 12.8 Å². The molecule has 0 aromatic heterocycles. The summed E-state index contributed by atoms with van der Waals surface area (Å²) in [5, 5.41) is 23.1. The maximum atomic E-state index is 12.5. The van der Waals surface area contributed by atoms with Crippen molar-refractivity contribution in [3.8, 4) is 0 Å². The smallest absolute Gasteiger partial charge is 0.305 e. The van der Waals surface area contributed by atoms with E-state index in [9.17, 15) is 19.8 Å². The molecular weight excluding hydrogens is 863 g/mol. The highest BCUT2D eigenvalue weighted by molar-refractivity contribution is 5.76. The number of rotatable bonds is 58. The average Bonchev–Trinajstić information content (AvgIpc) is 3.36. The molecule has 0 aromatic carbocycles. The first kappa shape index (κ1) is 68.1. The molecule has 0 radical (unpaired) electrons. The summed E-state index contributed by atoms with van der Waals surface area (Å²) in [6.07, 6.45) is 74.7. The quantitative estimate of drug-likeness (QED) is 0.0321. The van der Waals surface area contributed by atoms with Crippen LogP contribution in [0.2, 0.25) is 0 Å².